The van der Waals surface area contributed by atoms with Crippen LogP contribution in [-0.4, -0.2) is 35.5 Å². The molecule has 2 aliphatic carbocycles. The minimum absolute atomic E-state index is 0.276. The fourth-order valence-electron chi connectivity index (χ4n) is 3.49. The maximum absolute atomic E-state index is 6.32. The summed E-state index contributed by atoms with van der Waals surface area (Å²) in [5.74, 6) is -0.276. The average Bonchev–Trinajstić information content (AvgIpc) is 2.84. The third-order valence-corrected chi connectivity index (χ3v) is 6.30. The number of thioether (sulfide) groups is 1. The lowest BCUT2D eigenvalue weighted by Crippen LogP contribution is -2.48. The average molecular weight is 271 g/mol. The second-order valence-corrected chi connectivity index (χ2v) is 7.49. The third-order valence-electron chi connectivity index (χ3n) is 4.58. The summed E-state index contributed by atoms with van der Waals surface area (Å²) in [5.41, 5.74) is 6.32. The Morgan fingerprint density at radius 1 is 1.00 bits per heavy atom. The Hall–Kier alpha value is 0.230. The SMILES string of the molecule is NC1CCC2(CC1SC1CCCCC1)OCCO2. The van der Waals surface area contributed by atoms with Crippen molar-refractivity contribution in [3.63, 3.8) is 0 Å². The molecule has 0 amide bonds. The second kappa shape index (κ2) is 5.70. The zero-order chi connectivity index (χ0) is 12.4. The molecule has 2 saturated carbocycles. The maximum atomic E-state index is 6.32. The minimum Gasteiger partial charge on any atom is -0.347 e. The fourth-order valence-corrected chi connectivity index (χ4v) is 5.28. The van der Waals surface area contributed by atoms with Gasteiger partial charge < -0.3 is 15.2 Å². The van der Waals surface area contributed by atoms with E-state index in [1.807, 2.05) is 0 Å². The smallest absolute Gasteiger partial charge is 0.169 e. The van der Waals surface area contributed by atoms with Crippen molar-refractivity contribution in [1.29, 1.82) is 0 Å². The molecule has 2 N–H and O–H groups in total. The summed E-state index contributed by atoms with van der Waals surface area (Å²) < 4.78 is 11.7. The molecule has 1 aliphatic heterocycles. The molecule has 3 fully saturated rings. The Morgan fingerprint density at radius 2 is 1.72 bits per heavy atom. The van der Waals surface area contributed by atoms with Crippen LogP contribution in [0.1, 0.15) is 51.4 Å². The van der Waals surface area contributed by atoms with Gasteiger partial charge in [0.2, 0.25) is 0 Å². The van der Waals surface area contributed by atoms with Gasteiger partial charge in [-0.15, -0.1) is 0 Å². The first-order chi connectivity index (χ1) is 8.77. The lowest BCUT2D eigenvalue weighted by molar-refractivity contribution is -0.176. The van der Waals surface area contributed by atoms with Crippen molar-refractivity contribution in [3.8, 4) is 0 Å². The largest absolute Gasteiger partial charge is 0.347 e. The van der Waals surface area contributed by atoms with E-state index < -0.39 is 0 Å². The standard InChI is InChI=1S/C14H25NO2S/c15-12-6-7-14(16-8-9-17-14)10-13(12)18-11-4-2-1-3-5-11/h11-13H,1-10,15H2. The zero-order valence-corrected chi connectivity index (χ0v) is 11.9. The summed E-state index contributed by atoms with van der Waals surface area (Å²) in [5, 5.41) is 1.35. The predicted octanol–water partition coefficient (Wildman–Crippen LogP) is 2.68. The molecule has 0 aromatic heterocycles. The quantitative estimate of drug-likeness (QED) is 0.838. The summed E-state index contributed by atoms with van der Waals surface area (Å²) in [7, 11) is 0. The topological polar surface area (TPSA) is 44.5 Å². The van der Waals surface area contributed by atoms with E-state index in [0.717, 1.165) is 37.7 Å². The molecular formula is C14H25NO2S. The molecule has 1 saturated heterocycles. The van der Waals surface area contributed by atoms with Crippen molar-refractivity contribution in [2.24, 2.45) is 5.73 Å². The second-order valence-electron chi connectivity index (χ2n) is 5.95. The number of rotatable bonds is 2. The highest BCUT2D eigenvalue weighted by atomic mass is 32.2. The molecule has 104 valence electrons. The van der Waals surface area contributed by atoms with Gasteiger partial charge in [0.15, 0.2) is 5.79 Å². The predicted molar refractivity (Wildman–Crippen MR) is 74.7 cm³/mol. The van der Waals surface area contributed by atoms with E-state index in [0.29, 0.717) is 11.3 Å². The lowest BCUT2D eigenvalue weighted by Gasteiger charge is -2.41. The van der Waals surface area contributed by atoms with Crippen LogP contribution in [-0.2, 0) is 9.47 Å². The van der Waals surface area contributed by atoms with Crippen LogP contribution in [0.15, 0.2) is 0 Å². The summed E-state index contributed by atoms with van der Waals surface area (Å²) in [6, 6.07) is 0.329. The highest BCUT2D eigenvalue weighted by molar-refractivity contribution is 8.00. The van der Waals surface area contributed by atoms with Crippen molar-refractivity contribution in [3.05, 3.63) is 0 Å². The Balaban J connectivity index is 1.58. The van der Waals surface area contributed by atoms with Crippen LogP contribution in [0, 0.1) is 0 Å². The Bertz CT molecular complexity index is 275. The molecule has 2 unspecified atom stereocenters. The molecule has 4 heteroatoms. The zero-order valence-electron chi connectivity index (χ0n) is 11.1. The molecule has 0 aromatic carbocycles. The van der Waals surface area contributed by atoms with Crippen LogP contribution >= 0.6 is 11.8 Å². The molecule has 1 heterocycles. The van der Waals surface area contributed by atoms with Crippen LogP contribution in [0.4, 0.5) is 0 Å². The molecule has 3 nitrogen and oxygen atoms in total. The molecule has 18 heavy (non-hydrogen) atoms. The van der Waals surface area contributed by atoms with Gasteiger partial charge in [-0.25, -0.2) is 0 Å². The molecule has 0 bridgehead atoms. The minimum atomic E-state index is -0.276. The number of hydrogen-bond acceptors (Lipinski definition) is 4. The Morgan fingerprint density at radius 3 is 2.44 bits per heavy atom. The number of ether oxygens (including phenoxy) is 2. The molecule has 0 aromatic rings. The molecule has 0 radical (unpaired) electrons. The summed E-state index contributed by atoms with van der Waals surface area (Å²) in [6.07, 6.45) is 10.0. The van der Waals surface area contributed by atoms with Gasteiger partial charge in [-0.05, 0) is 19.3 Å². The lowest BCUT2D eigenvalue weighted by atomic mass is 9.90. The van der Waals surface area contributed by atoms with E-state index in [4.69, 9.17) is 15.2 Å². The van der Waals surface area contributed by atoms with Crippen molar-refractivity contribution < 1.29 is 9.47 Å². The monoisotopic (exact) mass is 271 g/mol. The van der Waals surface area contributed by atoms with Gasteiger partial charge in [0.1, 0.15) is 0 Å². The van der Waals surface area contributed by atoms with Gasteiger partial charge >= 0.3 is 0 Å². The van der Waals surface area contributed by atoms with Gasteiger partial charge in [0.25, 0.3) is 0 Å². The van der Waals surface area contributed by atoms with Gasteiger partial charge in [0, 0.05) is 29.4 Å². The maximum Gasteiger partial charge on any atom is 0.169 e. The fraction of sp³-hybridized carbons (Fsp3) is 1.00. The molecule has 2 atom stereocenters. The highest BCUT2D eigenvalue weighted by Crippen LogP contribution is 2.43. The molecule has 1 spiro atoms. The normalized spacial score (nSPS) is 37.2. The van der Waals surface area contributed by atoms with E-state index in [2.05, 4.69) is 11.8 Å². The van der Waals surface area contributed by atoms with Crippen LogP contribution in [0.25, 0.3) is 0 Å². The van der Waals surface area contributed by atoms with Crippen molar-refractivity contribution in [2.75, 3.05) is 13.2 Å². The Kier molecular flexibility index (Phi) is 4.18. The van der Waals surface area contributed by atoms with E-state index in [-0.39, 0.29) is 5.79 Å². The van der Waals surface area contributed by atoms with Crippen molar-refractivity contribution in [2.45, 2.75) is 73.7 Å². The molecule has 3 rings (SSSR count). The van der Waals surface area contributed by atoms with Gasteiger partial charge in [-0.1, -0.05) is 19.3 Å². The van der Waals surface area contributed by atoms with Crippen LogP contribution in [0.3, 0.4) is 0 Å². The van der Waals surface area contributed by atoms with Gasteiger partial charge in [0.05, 0.1) is 13.2 Å². The first-order valence-electron chi connectivity index (χ1n) is 7.46. The van der Waals surface area contributed by atoms with E-state index in [1.54, 1.807) is 0 Å². The van der Waals surface area contributed by atoms with Crippen LogP contribution in [0.5, 0.6) is 0 Å². The summed E-state index contributed by atoms with van der Waals surface area (Å²) in [6.45, 7) is 1.52. The van der Waals surface area contributed by atoms with Gasteiger partial charge in [-0.2, -0.15) is 11.8 Å². The van der Waals surface area contributed by atoms with Crippen molar-refractivity contribution in [1.82, 2.24) is 0 Å². The van der Waals surface area contributed by atoms with Crippen LogP contribution < -0.4 is 5.73 Å². The van der Waals surface area contributed by atoms with E-state index in [9.17, 15) is 0 Å². The van der Waals surface area contributed by atoms with Crippen molar-refractivity contribution >= 4 is 11.8 Å². The highest BCUT2D eigenvalue weighted by Gasteiger charge is 2.44. The third kappa shape index (κ3) is 2.87. The number of nitrogens with two attached hydrogens (primary N) is 1. The summed E-state index contributed by atoms with van der Waals surface area (Å²) >= 11 is 2.13. The summed E-state index contributed by atoms with van der Waals surface area (Å²) in [4.78, 5) is 0. The van der Waals surface area contributed by atoms with E-state index >= 15 is 0 Å². The first-order valence-corrected chi connectivity index (χ1v) is 8.41. The first kappa shape index (κ1) is 13.2. The molecule has 3 aliphatic rings. The van der Waals surface area contributed by atoms with Gasteiger partial charge in [-0.3, -0.25) is 0 Å². The van der Waals surface area contributed by atoms with E-state index in [1.165, 1.54) is 32.1 Å². The number of hydrogen-bond donors (Lipinski definition) is 1. The Labute approximate surface area is 114 Å². The molecular weight excluding hydrogens is 246 g/mol. The van der Waals surface area contributed by atoms with Crippen LogP contribution in [0.2, 0.25) is 0 Å².